The molecule has 1 aliphatic rings. The predicted octanol–water partition coefficient (Wildman–Crippen LogP) is 3.10. The summed E-state index contributed by atoms with van der Waals surface area (Å²) < 4.78 is 38.3. The molecule has 0 bridgehead atoms. The van der Waals surface area contributed by atoms with Crippen molar-refractivity contribution in [2.45, 2.75) is 12.2 Å². The molecular weight excluding hydrogens is 303 g/mol. The second kappa shape index (κ2) is 6.68. The van der Waals surface area contributed by atoms with E-state index in [9.17, 15) is 13.2 Å². The summed E-state index contributed by atoms with van der Waals surface area (Å²) in [6.45, 7) is 3.44. The number of nitrogens with zero attached hydrogens (tertiary/aromatic N) is 2. The minimum absolute atomic E-state index is 0.0758. The van der Waals surface area contributed by atoms with E-state index < -0.39 is 11.7 Å². The number of rotatable bonds is 3. The van der Waals surface area contributed by atoms with E-state index in [1.165, 1.54) is 0 Å². The van der Waals surface area contributed by atoms with Crippen LogP contribution >= 0.6 is 0 Å². The minimum Gasteiger partial charge on any atom is -0.314 e. The number of halogens is 3. The van der Waals surface area contributed by atoms with Gasteiger partial charge in [-0.3, -0.25) is 9.88 Å². The zero-order valence-corrected chi connectivity index (χ0v) is 12.6. The molecular formula is C17H18F3N3. The maximum Gasteiger partial charge on any atom is 0.416 e. The molecule has 3 nitrogen and oxygen atoms in total. The molecule has 1 saturated heterocycles. The third kappa shape index (κ3) is 3.71. The highest BCUT2D eigenvalue weighted by molar-refractivity contribution is 5.33. The van der Waals surface area contributed by atoms with Crippen molar-refractivity contribution in [1.82, 2.24) is 15.2 Å². The van der Waals surface area contributed by atoms with Crippen LogP contribution in [0, 0.1) is 0 Å². The van der Waals surface area contributed by atoms with Crippen LogP contribution in [0.4, 0.5) is 13.2 Å². The van der Waals surface area contributed by atoms with Gasteiger partial charge in [0.2, 0.25) is 0 Å². The Kier molecular flexibility index (Phi) is 4.63. The Morgan fingerprint density at radius 2 is 1.70 bits per heavy atom. The highest BCUT2D eigenvalue weighted by Crippen LogP contribution is 2.33. The third-order valence-electron chi connectivity index (χ3n) is 4.07. The number of aromatic nitrogens is 1. The number of pyridine rings is 1. The van der Waals surface area contributed by atoms with Gasteiger partial charge in [0.1, 0.15) is 0 Å². The van der Waals surface area contributed by atoms with E-state index in [0.717, 1.165) is 49.4 Å². The van der Waals surface area contributed by atoms with Crippen LogP contribution in [0.3, 0.4) is 0 Å². The summed E-state index contributed by atoms with van der Waals surface area (Å²) in [4.78, 5) is 6.43. The average Bonchev–Trinajstić information content (AvgIpc) is 2.57. The largest absolute Gasteiger partial charge is 0.416 e. The molecule has 2 aromatic rings. The first kappa shape index (κ1) is 16.0. The molecule has 122 valence electrons. The van der Waals surface area contributed by atoms with Crippen LogP contribution in [0.25, 0.3) is 0 Å². The zero-order valence-electron chi connectivity index (χ0n) is 12.6. The van der Waals surface area contributed by atoms with Gasteiger partial charge in [-0.1, -0.05) is 18.2 Å². The summed E-state index contributed by atoms with van der Waals surface area (Å²) in [6.07, 6.45) is -0.827. The topological polar surface area (TPSA) is 28.2 Å². The maximum atomic E-state index is 12.8. The van der Waals surface area contributed by atoms with Crippen LogP contribution in [-0.4, -0.2) is 36.1 Å². The van der Waals surface area contributed by atoms with Crippen LogP contribution in [0.2, 0.25) is 0 Å². The summed E-state index contributed by atoms with van der Waals surface area (Å²) in [5.41, 5.74) is 1.23. The van der Waals surface area contributed by atoms with Crippen molar-refractivity contribution in [2.24, 2.45) is 0 Å². The quantitative estimate of drug-likeness (QED) is 0.941. The molecule has 1 aromatic heterocycles. The SMILES string of the molecule is FC(F)(F)c1ccc([C@@H](c2cccnc2)N2CCNCC2)cc1. The molecule has 23 heavy (non-hydrogen) atoms. The first-order valence-corrected chi connectivity index (χ1v) is 7.57. The molecule has 1 N–H and O–H groups in total. The van der Waals surface area contributed by atoms with Crippen molar-refractivity contribution < 1.29 is 13.2 Å². The Morgan fingerprint density at radius 1 is 1.00 bits per heavy atom. The number of hydrogen-bond acceptors (Lipinski definition) is 3. The molecule has 0 radical (unpaired) electrons. The summed E-state index contributed by atoms with van der Waals surface area (Å²) in [5.74, 6) is 0. The van der Waals surface area contributed by atoms with E-state index in [1.807, 2.05) is 12.1 Å². The smallest absolute Gasteiger partial charge is 0.314 e. The molecule has 2 heterocycles. The highest BCUT2D eigenvalue weighted by atomic mass is 19.4. The normalized spacial score (nSPS) is 17.9. The maximum absolute atomic E-state index is 12.8. The minimum atomic E-state index is -4.31. The molecule has 0 saturated carbocycles. The first-order valence-electron chi connectivity index (χ1n) is 7.57. The lowest BCUT2D eigenvalue weighted by Crippen LogP contribution is -2.45. The van der Waals surface area contributed by atoms with E-state index >= 15 is 0 Å². The van der Waals surface area contributed by atoms with Crippen LogP contribution in [0.5, 0.6) is 0 Å². The number of piperazine rings is 1. The highest BCUT2D eigenvalue weighted by Gasteiger charge is 2.31. The van der Waals surface area contributed by atoms with Gasteiger partial charge >= 0.3 is 6.18 Å². The Bertz CT molecular complexity index is 620. The summed E-state index contributed by atoms with van der Waals surface area (Å²) in [5, 5.41) is 3.30. The van der Waals surface area contributed by atoms with Gasteiger partial charge in [-0.15, -0.1) is 0 Å². The third-order valence-corrected chi connectivity index (χ3v) is 4.07. The molecule has 1 fully saturated rings. The number of nitrogens with one attached hydrogen (secondary N) is 1. The van der Waals surface area contributed by atoms with Gasteiger partial charge in [0.05, 0.1) is 11.6 Å². The van der Waals surface area contributed by atoms with Crippen molar-refractivity contribution in [3.05, 3.63) is 65.5 Å². The molecule has 1 atom stereocenters. The summed E-state index contributed by atoms with van der Waals surface area (Å²) in [7, 11) is 0. The van der Waals surface area contributed by atoms with E-state index in [2.05, 4.69) is 15.2 Å². The Morgan fingerprint density at radius 3 is 2.26 bits per heavy atom. The van der Waals surface area contributed by atoms with Gasteiger partial charge in [0.15, 0.2) is 0 Å². The zero-order chi connectivity index (χ0) is 16.3. The monoisotopic (exact) mass is 321 g/mol. The average molecular weight is 321 g/mol. The predicted molar refractivity (Wildman–Crippen MR) is 82.0 cm³/mol. The fourth-order valence-electron chi connectivity index (χ4n) is 2.95. The molecule has 0 aliphatic carbocycles. The summed E-state index contributed by atoms with van der Waals surface area (Å²) >= 11 is 0. The van der Waals surface area contributed by atoms with Crippen LogP contribution in [0.1, 0.15) is 22.7 Å². The molecule has 1 aromatic carbocycles. The van der Waals surface area contributed by atoms with Crippen molar-refractivity contribution in [1.29, 1.82) is 0 Å². The van der Waals surface area contributed by atoms with E-state index in [0.29, 0.717) is 0 Å². The van der Waals surface area contributed by atoms with Gasteiger partial charge in [-0.25, -0.2) is 0 Å². The van der Waals surface area contributed by atoms with Crippen LogP contribution in [0.15, 0.2) is 48.8 Å². The molecule has 0 unspecified atom stereocenters. The second-order valence-electron chi connectivity index (χ2n) is 5.59. The molecule has 6 heteroatoms. The standard InChI is InChI=1S/C17H18F3N3/c18-17(19,20)15-5-3-13(4-6-15)16(14-2-1-7-22-12-14)23-10-8-21-9-11-23/h1-7,12,16,21H,8-11H2/t16-/m0/s1. The van der Waals surface area contributed by atoms with Gasteiger partial charge in [-0.2, -0.15) is 13.2 Å². The lowest BCUT2D eigenvalue weighted by atomic mass is 9.96. The lowest BCUT2D eigenvalue weighted by Gasteiger charge is -2.35. The van der Waals surface area contributed by atoms with Crippen molar-refractivity contribution in [3.63, 3.8) is 0 Å². The van der Waals surface area contributed by atoms with Crippen molar-refractivity contribution in [3.8, 4) is 0 Å². The van der Waals surface area contributed by atoms with E-state index in [1.54, 1.807) is 24.5 Å². The molecule has 3 rings (SSSR count). The van der Waals surface area contributed by atoms with Gasteiger partial charge in [-0.05, 0) is 29.3 Å². The van der Waals surface area contributed by atoms with Crippen LogP contribution in [-0.2, 0) is 6.18 Å². The molecule has 0 amide bonds. The Hall–Kier alpha value is -1.92. The van der Waals surface area contributed by atoms with E-state index in [-0.39, 0.29) is 6.04 Å². The van der Waals surface area contributed by atoms with Gasteiger partial charge in [0.25, 0.3) is 0 Å². The van der Waals surface area contributed by atoms with Crippen molar-refractivity contribution >= 4 is 0 Å². The fourth-order valence-corrected chi connectivity index (χ4v) is 2.95. The van der Waals surface area contributed by atoms with Crippen LogP contribution < -0.4 is 5.32 Å². The molecule has 0 spiro atoms. The van der Waals surface area contributed by atoms with Crippen molar-refractivity contribution in [2.75, 3.05) is 26.2 Å². The lowest BCUT2D eigenvalue weighted by molar-refractivity contribution is -0.137. The number of benzene rings is 1. The van der Waals surface area contributed by atoms with Gasteiger partial charge in [0, 0.05) is 38.6 Å². The number of hydrogen-bond donors (Lipinski definition) is 1. The first-order chi connectivity index (χ1) is 11.1. The summed E-state index contributed by atoms with van der Waals surface area (Å²) in [6, 6.07) is 9.20. The number of alkyl halides is 3. The molecule has 1 aliphatic heterocycles. The van der Waals surface area contributed by atoms with E-state index in [4.69, 9.17) is 0 Å². The second-order valence-corrected chi connectivity index (χ2v) is 5.59. The Balaban J connectivity index is 1.94. The van der Waals surface area contributed by atoms with Gasteiger partial charge < -0.3 is 5.32 Å². The fraction of sp³-hybridized carbons (Fsp3) is 0.353. The Labute approximate surface area is 133 Å².